The van der Waals surface area contributed by atoms with Crippen LogP contribution in [0.25, 0.3) is 0 Å². The number of hydrogen-bond donors (Lipinski definition) is 4. The van der Waals surface area contributed by atoms with Crippen LogP contribution in [-0.2, 0) is 0 Å². The van der Waals surface area contributed by atoms with E-state index in [1.165, 1.54) is 25.7 Å². The highest BCUT2D eigenvalue weighted by molar-refractivity contribution is 9.10. The lowest BCUT2D eigenvalue weighted by atomic mass is 10.2. The first kappa shape index (κ1) is 16.1. The van der Waals surface area contributed by atoms with Crippen LogP contribution in [0.3, 0.4) is 0 Å². The van der Waals surface area contributed by atoms with Gasteiger partial charge in [-0.2, -0.15) is 10.1 Å². The standard InChI is InChI=1S/C17H20BrN7/c1-9(10-2-3-10)6-14(19)21-16-12(18)8-20-17(23-16)22-15-7-13(24-25-15)11-4-5-11/h6-8,10-11H,1-5,19H2,(H3,20,21,22,23,24,25)/b14-6+. The fourth-order valence-electron chi connectivity index (χ4n) is 2.57. The van der Waals surface area contributed by atoms with Gasteiger partial charge in [0.2, 0.25) is 5.95 Å². The molecule has 8 heteroatoms. The molecule has 0 spiro atoms. The molecule has 0 unspecified atom stereocenters. The van der Waals surface area contributed by atoms with Crippen LogP contribution in [0.1, 0.15) is 37.3 Å². The van der Waals surface area contributed by atoms with E-state index < -0.39 is 0 Å². The molecular weight excluding hydrogens is 382 g/mol. The van der Waals surface area contributed by atoms with Crippen LogP contribution in [0.15, 0.2) is 40.8 Å². The minimum Gasteiger partial charge on any atom is -0.385 e. The Hall–Kier alpha value is -2.35. The van der Waals surface area contributed by atoms with E-state index in [4.69, 9.17) is 5.73 Å². The summed E-state index contributed by atoms with van der Waals surface area (Å²) in [7, 11) is 0. The lowest BCUT2D eigenvalue weighted by Gasteiger charge is -2.10. The third kappa shape index (κ3) is 4.01. The number of rotatable bonds is 7. The highest BCUT2D eigenvalue weighted by Gasteiger charge is 2.26. The Morgan fingerprint density at radius 1 is 1.36 bits per heavy atom. The van der Waals surface area contributed by atoms with Gasteiger partial charge in [-0.25, -0.2) is 4.98 Å². The summed E-state index contributed by atoms with van der Waals surface area (Å²) in [4.78, 5) is 8.74. The molecular formula is C17H20BrN7. The Labute approximate surface area is 154 Å². The summed E-state index contributed by atoms with van der Waals surface area (Å²) in [5, 5.41) is 13.5. The quantitative estimate of drug-likeness (QED) is 0.526. The molecule has 0 radical (unpaired) electrons. The maximum Gasteiger partial charge on any atom is 0.230 e. The van der Waals surface area contributed by atoms with E-state index in [0.29, 0.717) is 29.4 Å². The monoisotopic (exact) mass is 401 g/mol. The van der Waals surface area contributed by atoms with Crippen LogP contribution in [0.5, 0.6) is 0 Å². The zero-order chi connectivity index (χ0) is 17.4. The molecule has 0 amide bonds. The van der Waals surface area contributed by atoms with Crippen LogP contribution in [0, 0.1) is 5.92 Å². The van der Waals surface area contributed by atoms with Crippen molar-refractivity contribution in [3.8, 4) is 0 Å². The van der Waals surface area contributed by atoms with Crippen molar-refractivity contribution in [3.05, 3.63) is 46.5 Å². The Kier molecular flexibility index (Phi) is 4.20. The molecule has 2 aliphatic rings. The molecule has 4 rings (SSSR count). The fourth-order valence-corrected chi connectivity index (χ4v) is 2.86. The largest absolute Gasteiger partial charge is 0.385 e. The number of aromatic nitrogens is 4. The van der Waals surface area contributed by atoms with Crippen molar-refractivity contribution in [3.63, 3.8) is 0 Å². The number of H-pyrrole nitrogens is 1. The first-order valence-electron chi connectivity index (χ1n) is 8.36. The van der Waals surface area contributed by atoms with Crippen LogP contribution >= 0.6 is 15.9 Å². The molecule has 2 heterocycles. The van der Waals surface area contributed by atoms with Crippen molar-refractivity contribution in [1.82, 2.24) is 20.2 Å². The van der Waals surface area contributed by atoms with Gasteiger partial charge < -0.3 is 16.4 Å². The number of hydrogen-bond acceptors (Lipinski definition) is 6. The van der Waals surface area contributed by atoms with Crippen molar-refractivity contribution in [2.24, 2.45) is 11.7 Å². The SMILES string of the molecule is C=C(/C=C(\N)Nc1nc(Nc2cc(C3CC3)n[nH]2)ncc1Br)C1CC1. The highest BCUT2D eigenvalue weighted by atomic mass is 79.9. The fraction of sp³-hybridized carbons (Fsp3) is 0.353. The van der Waals surface area contributed by atoms with E-state index in [9.17, 15) is 0 Å². The zero-order valence-electron chi connectivity index (χ0n) is 13.7. The molecule has 0 aliphatic heterocycles. The number of nitrogens with one attached hydrogen (secondary N) is 3. The van der Waals surface area contributed by atoms with E-state index in [1.807, 2.05) is 12.1 Å². The minimum atomic E-state index is 0.463. The summed E-state index contributed by atoms with van der Waals surface area (Å²) in [6.45, 7) is 4.05. The number of anilines is 3. The van der Waals surface area contributed by atoms with Gasteiger partial charge in [0.05, 0.1) is 10.2 Å². The summed E-state index contributed by atoms with van der Waals surface area (Å²) < 4.78 is 0.731. The number of nitrogens with zero attached hydrogens (tertiary/aromatic N) is 3. The number of allylic oxidation sites excluding steroid dienone is 2. The van der Waals surface area contributed by atoms with Crippen molar-refractivity contribution >= 4 is 33.5 Å². The third-order valence-electron chi connectivity index (χ3n) is 4.29. The molecule has 0 atom stereocenters. The van der Waals surface area contributed by atoms with Gasteiger partial charge in [0.15, 0.2) is 5.82 Å². The number of halogens is 1. The summed E-state index contributed by atoms with van der Waals surface area (Å²) >= 11 is 3.44. The summed E-state index contributed by atoms with van der Waals surface area (Å²) in [5.74, 6) is 3.52. The van der Waals surface area contributed by atoms with E-state index in [-0.39, 0.29) is 0 Å². The lowest BCUT2D eigenvalue weighted by molar-refractivity contribution is 0.965. The molecule has 7 nitrogen and oxygen atoms in total. The maximum atomic E-state index is 6.06. The molecule has 2 aliphatic carbocycles. The lowest BCUT2D eigenvalue weighted by Crippen LogP contribution is -2.12. The van der Waals surface area contributed by atoms with Gasteiger partial charge in [-0.05, 0) is 59.2 Å². The van der Waals surface area contributed by atoms with Crippen molar-refractivity contribution in [2.45, 2.75) is 31.6 Å². The van der Waals surface area contributed by atoms with Gasteiger partial charge in [0, 0.05) is 18.2 Å². The van der Waals surface area contributed by atoms with Crippen LogP contribution < -0.4 is 16.4 Å². The molecule has 0 aromatic carbocycles. The topological polar surface area (TPSA) is 105 Å². The van der Waals surface area contributed by atoms with E-state index in [1.54, 1.807) is 6.20 Å². The smallest absolute Gasteiger partial charge is 0.230 e. The highest BCUT2D eigenvalue weighted by Crippen LogP contribution is 2.39. The maximum absolute atomic E-state index is 6.06. The van der Waals surface area contributed by atoms with Gasteiger partial charge in [0.1, 0.15) is 11.6 Å². The Bertz CT molecular complexity index is 833. The van der Waals surface area contributed by atoms with Gasteiger partial charge in [0.25, 0.3) is 0 Å². The number of nitrogens with two attached hydrogens (primary N) is 1. The Morgan fingerprint density at radius 2 is 2.16 bits per heavy atom. The Balaban J connectivity index is 1.46. The summed E-state index contributed by atoms with van der Waals surface area (Å²) in [6.07, 6.45) is 8.37. The summed E-state index contributed by atoms with van der Waals surface area (Å²) in [5.41, 5.74) is 8.20. The van der Waals surface area contributed by atoms with Crippen molar-refractivity contribution < 1.29 is 0 Å². The molecule has 2 fully saturated rings. The predicted octanol–water partition coefficient (Wildman–Crippen LogP) is 3.76. The molecule has 130 valence electrons. The first-order chi connectivity index (χ1) is 12.1. The predicted molar refractivity (Wildman–Crippen MR) is 101 cm³/mol. The van der Waals surface area contributed by atoms with E-state index >= 15 is 0 Å². The van der Waals surface area contributed by atoms with Gasteiger partial charge in [-0.1, -0.05) is 6.58 Å². The van der Waals surface area contributed by atoms with Gasteiger partial charge in [-0.3, -0.25) is 5.10 Å². The molecule has 2 aromatic heterocycles. The van der Waals surface area contributed by atoms with E-state index in [0.717, 1.165) is 21.6 Å². The molecule has 2 aromatic rings. The average Bonchev–Trinajstić information content (AvgIpc) is 3.49. The normalized spacial score (nSPS) is 17.4. The third-order valence-corrected chi connectivity index (χ3v) is 4.87. The van der Waals surface area contributed by atoms with Crippen LogP contribution in [0.4, 0.5) is 17.6 Å². The average molecular weight is 402 g/mol. The van der Waals surface area contributed by atoms with E-state index in [2.05, 4.69) is 53.3 Å². The second kappa shape index (κ2) is 6.51. The minimum absolute atomic E-state index is 0.463. The van der Waals surface area contributed by atoms with Crippen molar-refractivity contribution in [2.75, 3.05) is 10.6 Å². The van der Waals surface area contributed by atoms with Crippen LogP contribution in [0.2, 0.25) is 0 Å². The van der Waals surface area contributed by atoms with Crippen molar-refractivity contribution in [1.29, 1.82) is 0 Å². The summed E-state index contributed by atoms with van der Waals surface area (Å²) in [6, 6.07) is 2.00. The Morgan fingerprint density at radius 3 is 2.88 bits per heavy atom. The second-order valence-electron chi connectivity index (χ2n) is 6.57. The number of aromatic amines is 1. The molecule has 0 saturated heterocycles. The molecule has 5 N–H and O–H groups in total. The van der Waals surface area contributed by atoms with Gasteiger partial charge >= 0.3 is 0 Å². The zero-order valence-corrected chi connectivity index (χ0v) is 15.3. The molecule has 2 saturated carbocycles. The van der Waals surface area contributed by atoms with Crippen LogP contribution in [-0.4, -0.2) is 20.2 Å². The second-order valence-corrected chi connectivity index (χ2v) is 7.42. The van der Waals surface area contributed by atoms with Gasteiger partial charge in [-0.15, -0.1) is 0 Å². The first-order valence-corrected chi connectivity index (χ1v) is 9.15. The molecule has 25 heavy (non-hydrogen) atoms. The molecule has 0 bridgehead atoms.